The molecule has 0 bridgehead atoms. The lowest BCUT2D eigenvalue weighted by Crippen LogP contribution is -2.34. The van der Waals surface area contributed by atoms with Gasteiger partial charge in [-0.1, -0.05) is 6.07 Å². The van der Waals surface area contributed by atoms with Crippen molar-refractivity contribution >= 4 is 11.6 Å². The van der Waals surface area contributed by atoms with Crippen molar-refractivity contribution in [3.05, 3.63) is 41.5 Å². The first-order valence-corrected chi connectivity index (χ1v) is 6.48. The van der Waals surface area contributed by atoms with Gasteiger partial charge < -0.3 is 15.2 Å². The third-order valence-corrected chi connectivity index (χ3v) is 3.44. The molecule has 0 aliphatic carbocycles. The number of halogens is 4. The number of fused-ring (bicyclic) bond motifs is 1. The number of carbonyl (C=O) groups is 1. The van der Waals surface area contributed by atoms with Gasteiger partial charge in [-0.25, -0.2) is 13.2 Å². The van der Waals surface area contributed by atoms with E-state index in [0.29, 0.717) is 0 Å². The number of carbonyl (C=O) groups excluding carboxylic acids is 1. The highest BCUT2D eigenvalue weighted by Crippen LogP contribution is 2.39. The normalized spacial score (nSPS) is 16.6. The Balaban J connectivity index is 2.18. The zero-order valence-electron chi connectivity index (χ0n) is 11.6. The number of phenols is 1. The monoisotopic (exact) mass is 327 g/mol. The third kappa shape index (κ3) is 2.26. The molecule has 4 nitrogen and oxygen atoms in total. The van der Waals surface area contributed by atoms with Crippen molar-refractivity contribution in [2.45, 2.75) is 13.0 Å². The highest BCUT2D eigenvalue weighted by Gasteiger charge is 2.28. The summed E-state index contributed by atoms with van der Waals surface area (Å²) in [6, 6.07) is 3.65. The summed E-state index contributed by atoms with van der Waals surface area (Å²) in [4.78, 5) is 11.6. The minimum absolute atomic E-state index is 0.119. The number of aromatic hydroxyl groups is 1. The lowest BCUT2D eigenvalue weighted by Gasteiger charge is -2.23. The van der Waals surface area contributed by atoms with Gasteiger partial charge in [0, 0.05) is 0 Å². The molecule has 1 atom stereocenters. The van der Waals surface area contributed by atoms with Gasteiger partial charge in [-0.05, 0) is 24.6 Å². The molecular weight excluding hydrogens is 318 g/mol. The quantitative estimate of drug-likeness (QED) is 0.480. The summed E-state index contributed by atoms with van der Waals surface area (Å²) in [6.45, 7) is 1.51. The predicted octanol–water partition coefficient (Wildman–Crippen LogP) is 3.33. The van der Waals surface area contributed by atoms with Crippen LogP contribution in [0.1, 0.15) is 6.92 Å². The van der Waals surface area contributed by atoms with Crippen LogP contribution in [0.5, 0.6) is 11.5 Å². The number of anilines is 1. The summed E-state index contributed by atoms with van der Waals surface area (Å²) in [7, 11) is 0. The summed E-state index contributed by atoms with van der Waals surface area (Å²) < 4.78 is 59.6. The zero-order valence-corrected chi connectivity index (χ0v) is 11.6. The molecule has 0 saturated carbocycles. The number of hydrogen-bond acceptors (Lipinski definition) is 3. The number of rotatable bonds is 1. The number of amides is 1. The Labute approximate surface area is 127 Å². The molecule has 1 aliphatic heterocycles. The number of phenolic OH excluding ortho intramolecular Hbond substituents is 1. The highest BCUT2D eigenvalue weighted by atomic mass is 19.2. The number of benzene rings is 2. The standard InChI is InChI=1S/C15H9F4NO3/c1-5-15(22)20-7-4-6(2-3-8(7)23-5)9-10(16)12(18)13(19)14(21)11(9)17/h2-5,21H,1H3,(H,20,22). The Bertz CT molecular complexity index is 809. The van der Waals surface area contributed by atoms with Crippen LogP contribution in [0.2, 0.25) is 0 Å². The average Bonchev–Trinajstić information content (AvgIpc) is 2.52. The molecule has 1 amide bonds. The largest absolute Gasteiger partial charge is 0.503 e. The summed E-state index contributed by atoms with van der Waals surface area (Å²) in [6.07, 6.45) is -0.742. The van der Waals surface area contributed by atoms with E-state index in [4.69, 9.17) is 4.74 Å². The van der Waals surface area contributed by atoms with Crippen LogP contribution >= 0.6 is 0 Å². The van der Waals surface area contributed by atoms with Gasteiger partial charge in [0.05, 0.1) is 11.3 Å². The van der Waals surface area contributed by atoms with E-state index in [2.05, 4.69) is 5.32 Å². The fourth-order valence-corrected chi connectivity index (χ4v) is 2.24. The highest BCUT2D eigenvalue weighted by molar-refractivity contribution is 5.98. The van der Waals surface area contributed by atoms with Gasteiger partial charge in [-0.15, -0.1) is 0 Å². The summed E-state index contributed by atoms with van der Waals surface area (Å²) in [5.41, 5.74) is -1.03. The molecule has 0 fully saturated rings. The van der Waals surface area contributed by atoms with Crippen molar-refractivity contribution in [3.63, 3.8) is 0 Å². The van der Waals surface area contributed by atoms with Crippen LogP contribution < -0.4 is 10.1 Å². The molecule has 8 heteroatoms. The summed E-state index contributed by atoms with van der Waals surface area (Å²) in [5.74, 6) is -9.26. The van der Waals surface area contributed by atoms with E-state index in [0.717, 1.165) is 6.07 Å². The van der Waals surface area contributed by atoms with Crippen LogP contribution in [0.3, 0.4) is 0 Å². The Morgan fingerprint density at radius 2 is 1.78 bits per heavy atom. The van der Waals surface area contributed by atoms with Gasteiger partial charge in [0.1, 0.15) is 5.75 Å². The van der Waals surface area contributed by atoms with E-state index in [-0.39, 0.29) is 17.0 Å². The van der Waals surface area contributed by atoms with Crippen molar-refractivity contribution in [1.82, 2.24) is 0 Å². The van der Waals surface area contributed by atoms with E-state index in [9.17, 15) is 27.5 Å². The van der Waals surface area contributed by atoms with E-state index < -0.39 is 46.6 Å². The van der Waals surface area contributed by atoms with Crippen molar-refractivity contribution in [3.8, 4) is 22.6 Å². The van der Waals surface area contributed by atoms with Crippen LogP contribution in [-0.4, -0.2) is 17.1 Å². The van der Waals surface area contributed by atoms with Gasteiger partial charge in [-0.2, -0.15) is 4.39 Å². The third-order valence-electron chi connectivity index (χ3n) is 3.44. The molecule has 120 valence electrons. The second-order valence-electron chi connectivity index (χ2n) is 4.94. The molecule has 0 saturated heterocycles. The van der Waals surface area contributed by atoms with Gasteiger partial charge in [0.25, 0.3) is 5.91 Å². The van der Waals surface area contributed by atoms with Crippen molar-refractivity contribution in [2.24, 2.45) is 0 Å². The second-order valence-corrected chi connectivity index (χ2v) is 4.94. The van der Waals surface area contributed by atoms with E-state index >= 15 is 0 Å². The van der Waals surface area contributed by atoms with Crippen molar-refractivity contribution in [2.75, 3.05) is 5.32 Å². The summed E-state index contributed by atoms with van der Waals surface area (Å²) >= 11 is 0. The van der Waals surface area contributed by atoms with Crippen molar-refractivity contribution < 1.29 is 32.2 Å². The molecule has 1 heterocycles. The van der Waals surface area contributed by atoms with Crippen molar-refractivity contribution in [1.29, 1.82) is 0 Å². The van der Waals surface area contributed by atoms with Gasteiger partial charge in [0.15, 0.2) is 29.3 Å². The maximum atomic E-state index is 13.9. The molecule has 2 aromatic carbocycles. The fraction of sp³-hybridized carbons (Fsp3) is 0.133. The molecule has 2 aromatic rings. The van der Waals surface area contributed by atoms with Crippen LogP contribution in [0.25, 0.3) is 11.1 Å². The van der Waals surface area contributed by atoms with E-state index in [1.165, 1.54) is 19.1 Å². The van der Waals surface area contributed by atoms with Gasteiger partial charge in [0.2, 0.25) is 5.82 Å². The first-order chi connectivity index (χ1) is 10.8. The topological polar surface area (TPSA) is 58.6 Å². The maximum absolute atomic E-state index is 13.9. The summed E-state index contributed by atoms with van der Waals surface area (Å²) in [5, 5.41) is 11.7. The molecular formula is C15H9F4NO3. The van der Waals surface area contributed by atoms with Crippen LogP contribution in [0.4, 0.5) is 23.2 Å². The minimum atomic E-state index is -2.01. The minimum Gasteiger partial charge on any atom is -0.503 e. The molecule has 1 aliphatic rings. The maximum Gasteiger partial charge on any atom is 0.265 e. The first-order valence-electron chi connectivity index (χ1n) is 6.48. The SMILES string of the molecule is CC1Oc2ccc(-c3c(F)c(O)c(F)c(F)c3F)cc2NC1=O. The van der Waals surface area contributed by atoms with Gasteiger partial charge in [-0.3, -0.25) is 4.79 Å². The van der Waals surface area contributed by atoms with E-state index in [1.54, 1.807) is 0 Å². The molecule has 0 radical (unpaired) electrons. The second kappa shape index (κ2) is 5.15. The molecule has 1 unspecified atom stereocenters. The molecule has 0 spiro atoms. The lowest BCUT2D eigenvalue weighted by atomic mass is 10.0. The van der Waals surface area contributed by atoms with Crippen LogP contribution in [-0.2, 0) is 4.79 Å². The Morgan fingerprint density at radius 3 is 2.48 bits per heavy atom. The number of nitrogens with one attached hydrogen (secondary N) is 1. The number of hydrogen-bond donors (Lipinski definition) is 2. The van der Waals surface area contributed by atoms with Crippen LogP contribution in [0, 0.1) is 23.3 Å². The molecule has 2 N–H and O–H groups in total. The molecule has 0 aromatic heterocycles. The fourth-order valence-electron chi connectivity index (χ4n) is 2.24. The molecule has 23 heavy (non-hydrogen) atoms. The van der Waals surface area contributed by atoms with Gasteiger partial charge >= 0.3 is 0 Å². The smallest absolute Gasteiger partial charge is 0.265 e. The average molecular weight is 327 g/mol. The first kappa shape index (κ1) is 15.1. The van der Waals surface area contributed by atoms with Crippen LogP contribution in [0.15, 0.2) is 18.2 Å². The Morgan fingerprint density at radius 1 is 1.09 bits per heavy atom. The zero-order chi connectivity index (χ0) is 16.9. The Hall–Kier alpha value is -2.77. The molecule has 3 rings (SSSR count). The number of ether oxygens (including phenoxy) is 1. The predicted molar refractivity (Wildman–Crippen MR) is 72.1 cm³/mol. The van der Waals surface area contributed by atoms with E-state index in [1.807, 2.05) is 0 Å². The lowest BCUT2D eigenvalue weighted by molar-refractivity contribution is -0.122. The Kier molecular flexibility index (Phi) is 3.39.